The maximum atomic E-state index is 11.7. The van der Waals surface area contributed by atoms with Crippen LogP contribution in [0.3, 0.4) is 0 Å². The van der Waals surface area contributed by atoms with E-state index in [1.807, 2.05) is 0 Å². The zero-order valence-electron chi connectivity index (χ0n) is 11.2. The van der Waals surface area contributed by atoms with E-state index >= 15 is 0 Å². The van der Waals surface area contributed by atoms with Gasteiger partial charge in [0.05, 0.1) is 7.11 Å². The van der Waals surface area contributed by atoms with Gasteiger partial charge in [-0.15, -0.1) is 0 Å². The summed E-state index contributed by atoms with van der Waals surface area (Å²) >= 11 is 0. The Kier molecular flexibility index (Phi) is 6.05. The van der Waals surface area contributed by atoms with Crippen LogP contribution in [0.2, 0.25) is 0 Å². The summed E-state index contributed by atoms with van der Waals surface area (Å²) in [6, 6.07) is 7.18. The van der Waals surface area contributed by atoms with E-state index in [1.165, 1.54) is 0 Å². The molecular weight excluding hydrogens is 230 g/mol. The van der Waals surface area contributed by atoms with Crippen molar-refractivity contribution in [2.75, 3.05) is 13.7 Å². The molecule has 1 aromatic carbocycles. The predicted octanol–water partition coefficient (Wildman–Crippen LogP) is 2.38. The first kappa shape index (κ1) is 14.4. The van der Waals surface area contributed by atoms with Crippen LogP contribution in [0.15, 0.2) is 24.3 Å². The van der Waals surface area contributed by atoms with Crippen molar-refractivity contribution in [3.05, 3.63) is 24.3 Å². The van der Waals surface area contributed by atoms with Crippen molar-refractivity contribution in [3.8, 4) is 11.5 Å². The number of hydrogen-bond donors (Lipinski definition) is 1. The molecular formula is C14H21NO3. The van der Waals surface area contributed by atoms with Crippen molar-refractivity contribution in [2.24, 2.45) is 0 Å². The molecule has 1 N–H and O–H groups in total. The largest absolute Gasteiger partial charge is 0.497 e. The van der Waals surface area contributed by atoms with Crippen molar-refractivity contribution in [1.29, 1.82) is 0 Å². The topological polar surface area (TPSA) is 47.6 Å². The van der Waals surface area contributed by atoms with E-state index in [0.717, 1.165) is 18.6 Å². The zero-order valence-corrected chi connectivity index (χ0v) is 11.2. The summed E-state index contributed by atoms with van der Waals surface area (Å²) in [4.78, 5) is 11.7. The molecule has 1 amide bonds. The van der Waals surface area contributed by atoms with Crippen molar-refractivity contribution in [3.63, 3.8) is 0 Å². The van der Waals surface area contributed by atoms with Crippen LogP contribution >= 0.6 is 0 Å². The van der Waals surface area contributed by atoms with Crippen LogP contribution in [0.5, 0.6) is 11.5 Å². The molecule has 0 spiro atoms. The van der Waals surface area contributed by atoms with Crippen LogP contribution in [-0.2, 0) is 4.79 Å². The molecule has 1 rings (SSSR count). The standard InChI is InChI=1S/C14H21NO3/c1-4-5-10-15-14(16)11(2)18-13-8-6-12(17-3)7-9-13/h6-9,11H,4-5,10H2,1-3H3,(H,15,16)/t11-/m0/s1. The minimum absolute atomic E-state index is 0.0840. The van der Waals surface area contributed by atoms with Crippen LogP contribution in [0.4, 0.5) is 0 Å². The molecule has 0 fully saturated rings. The molecule has 1 aromatic rings. The third-order valence-corrected chi connectivity index (χ3v) is 2.57. The number of hydrogen-bond acceptors (Lipinski definition) is 3. The smallest absolute Gasteiger partial charge is 0.260 e. The predicted molar refractivity (Wildman–Crippen MR) is 71.0 cm³/mol. The van der Waals surface area contributed by atoms with Gasteiger partial charge in [-0.1, -0.05) is 13.3 Å². The molecule has 1 atom stereocenters. The summed E-state index contributed by atoms with van der Waals surface area (Å²) in [5.41, 5.74) is 0. The minimum atomic E-state index is -0.491. The molecule has 0 unspecified atom stereocenters. The molecule has 0 aliphatic rings. The van der Waals surface area contributed by atoms with Crippen LogP contribution in [0.1, 0.15) is 26.7 Å². The molecule has 0 aliphatic carbocycles. The molecule has 4 nitrogen and oxygen atoms in total. The molecule has 0 heterocycles. The van der Waals surface area contributed by atoms with E-state index in [9.17, 15) is 4.79 Å². The first-order valence-electron chi connectivity index (χ1n) is 6.25. The van der Waals surface area contributed by atoms with Crippen LogP contribution in [0.25, 0.3) is 0 Å². The maximum Gasteiger partial charge on any atom is 0.260 e. The van der Waals surface area contributed by atoms with Gasteiger partial charge in [-0.05, 0) is 37.6 Å². The lowest BCUT2D eigenvalue weighted by molar-refractivity contribution is -0.127. The number of ether oxygens (including phenoxy) is 2. The van der Waals surface area contributed by atoms with Crippen LogP contribution < -0.4 is 14.8 Å². The molecule has 0 radical (unpaired) electrons. The van der Waals surface area contributed by atoms with Crippen molar-refractivity contribution < 1.29 is 14.3 Å². The van der Waals surface area contributed by atoms with Gasteiger partial charge in [0, 0.05) is 6.54 Å². The van der Waals surface area contributed by atoms with Crippen LogP contribution in [-0.4, -0.2) is 25.7 Å². The Morgan fingerprint density at radius 2 is 1.89 bits per heavy atom. The Morgan fingerprint density at radius 3 is 2.44 bits per heavy atom. The second-order valence-electron chi connectivity index (χ2n) is 4.08. The second-order valence-corrected chi connectivity index (χ2v) is 4.08. The minimum Gasteiger partial charge on any atom is -0.497 e. The lowest BCUT2D eigenvalue weighted by Crippen LogP contribution is -2.36. The monoisotopic (exact) mass is 251 g/mol. The number of unbranched alkanes of at least 4 members (excludes halogenated alkanes) is 1. The Labute approximate surface area is 108 Å². The molecule has 0 aliphatic heterocycles. The van der Waals surface area contributed by atoms with Gasteiger partial charge in [0.15, 0.2) is 6.10 Å². The van der Waals surface area contributed by atoms with Gasteiger partial charge in [-0.25, -0.2) is 0 Å². The van der Waals surface area contributed by atoms with Gasteiger partial charge in [0.2, 0.25) is 0 Å². The Morgan fingerprint density at radius 1 is 1.28 bits per heavy atom. The summed E-state index contributed by atoms with van der Waals surface area (Å²) in [7, 11) is 1.61. The first-order valence-corrected chi connectivity index (χ1v) is 6.25. The van der Waals surface area contributed by atoms with Gasteiger partial charge in [-0.3, -0.25) is 4.79 Å². The third kappa shape index (κ3) is 4.65. The van der Waals surface area contributed by atoms with E-state index in [0.29, 0.717) is 12.3 Å². The number of benzene rings is 1. The normalized spacial score (nSPS) is 11.7. The number of amides is 1. The number of methoxy groups -OCH3 is 1. The average molecular weight is 251 g/mol. The molecule has 0 bridgehead atoms. The van der Waals surface area contributed by atoms with Crippen molar-refractivity contribution >= 4 is 5.91 Å². The fourth-order valence-electron chi connectivity index (χ4n) is 1.44. The van der Waals surface area contributed by atoms with Gasteiger partial charge in [0.25, 0.3) is 5.91 Å². The van der Waals surface area contributed by atoms with Gasteiger partial charge < -0.3 is 14.8 Å². The number of nitrogens with one attached hydrogen (secondary N) is 1. The fourth-order valence-corrected chi connectivity index (χ4v) is 1.44. The van der Waals surface area contributed by atoms with Gasteiger partial charge in [0.1, 0.15) is 11.5 Å². The zero-order chi connectivity index (χ0) is 13.4. The summed E-state index contributed by atoms with van der Waals surface area (Å²) in [6.07, 6.45) is 1.56. The highest BCUT2D eigenvalue weighted by Crippen LogP contribution is 2.18. The molecule has 100 valence electrons. The van der Waals surface area contributed by atoms with E-state index in [1.54, 1.807) is 38.3 Å². The fraction of sp³-hybridized carbons (Fsp3) is 0.500. The average Bonchev–Trinajstić information content (AvgIpc) is 2.39. The maximum absolute atomic E-state index is 11.7. The highest BCUT2D eigenvalue weighted by atomic mass is 16.5. The van der Waals surface area contributed by atoms with Crippen molar-refractivity contribution in [2.45, 2.75) is 32.8 Å². The van der Waals surface area contributed by atoms with E-state index in [2.05, 4.69) is 12.2 Å². The van der Waals surface area contributed by atoms with Gasteiger partial charge in [-0.2, -0.15) is 0 Å². The number of carbonyl (C=O) groups is 1. The Balaban J connectivity index is 2.42. The Hall–Kier alpha value is -1.71. The summed E-state index contributed by atoms with van der Waals surface area (Å²) in [5.74, 6) is 1.34. The SMILES string of the molecule is CCCCNC(=O)[C@H](C)Oc1ccc(OC)cc1. The number of carbonyl (C=O) groups excluding carboxylic acids is 1. The van der Waals surface area contributed by atoms with E-state index < -0.39 is 6.10 Å². The highest BCUT2D eigenvalue weighted by Gasteiger charge is 2.13. The van der Waals surface area contributed by atoms with Crippen LogP contribution in [0, 0.1) is 0 Å². The summed E-state index contributed by atoms with van der Waals surface area (Å²) < 4.78 is 10.6. The molecule has 0 saturated heterocycles. The van der Waals surface area contributed by atoms with Gasteiger partial charge >= 0.3 is 0 Å². The van der Waals surface area contributed by atoms with E-state index in [4.69, 9.17) is 9.47 Å². The molecule has 0 saturated carbocycles. The summed E-state index contributed by atoms with van der Waals surface area (Å²) in [6.45, 7) is 4.53. The summed E-state index contributed by atoms with van der Waals surface area (Å²) in [5, 5.41) is 2.84. The highest BCUT2D eigenvalue weighted by molar-refractivity contribution is 5.80. The third-order valence-electron chi connectivity index (χ3n) is 2.57. The first-order chi connectivity index (χ1) is 8.67. The molecule has 0 aromatic heterocycles. The van der Waals surface area contributed by atoms with E-state index in [-0.39, 0.29) is 5.91 Å². The molecule has 4 heteroatoms. The number of rotatable bonds is 7. The lowest BCUT2D eigenvalue weighted by Gasteiger charge is -2.14. The second kappa shape index (κ2) is 7.58. The molecule has 18 heavy (non-hydrogen) atoms. The quantitative estimate of drug-likeness (QED) is 0.757. The lowest BCUT2D eigenvalue weighted by atomic mass is 10.3. The van der Waals surface area contributed by atoms with Crippen molar-refractivity contribution in [1.82, 2.24) is 5.32 Å². The Bertz CT molecular complexity index is 362.